The fourth-order valence-corrected chi connectivity index (χ4v) is 1.72. The molecule has 0 aromatic rings. The first-order valence-corrected chi connectivity index (χ1v) is 4.30. The minimum absolute atomic E-state index is 0.0188. The molecule has 0 amide bonds. The van der Waals surface area contributed by atoms with Crippen molar-refractivity contribution in [2.24, 2.45) is 5.41 Å². The molecule has 1 aliphatic carbocycles. The summed E-state index contributed by atoms with van der Waals surface area (Å²) >= 11 is 0. The second kappa shape index (κ2) is 3.68. The lowest BCUT2D eigenvalue weighted by Gasteiger charge is -2.28. The van der Waals surface area contributed by atoms with E-state index in [1.165, 1.54) is 0 Å². The molecule has 0 aromatic carbocycles. The number of nitrogens with zero attached hydrogens (tertiary/aromatic N) is 1. The van der Waals surface area contributed by atoms with E-state index in [0.29, 0.717) is 19.3 Å². The van der Waals surface area contributed by atoms with Crippen molar-refractivity contribution < 1.29 is 9.90 Å². The van der Waals surface area contributed by atoms with E-state index in [1.807, 2.05) is 0 Å². The fraction of sp³-hybridized carbons (Fsp3) is 0.778. The van der Waals surface area contributed by atoms with Gasteiger partial charge < -0.3 is 5.11 Å². The van der Waals surface area contributed by atoms with Gasteiger partial charge in [-0.3, -0.25) is 4.79 Å². The number of aliphatic hydroxyl groups excluding tert-OH is 1. The lowest BCUT2D eigenvalue weighted by Crippen LogP contribution is -2.33. The first-order valence-electron chi connectivity index (χ1n) is 4.30. The van der Waals surface area contributed by atoms with Gasteiger partial charge in [0.1, 0.15) is 5.41 Å². The number of rotatable bonds is 2. The lowest BCUT2D eigenvalue weighted by atomic mass is 9.72. The van der Waals surface area contributed by atoms with Gasteiger partial charge in [0.2, 0.25) is 0 Å². The van der Waals surface area contributed by atoms with E-state index >= 15 is 0 Å². The van der Waals surface area contributed by atoms with E-state index in [1.54, 1.807) is 0 Å². The molecule has 12 heavy (non-hydrogen) atoms. The van der Waals surface area contributed by atoms with Crippen LogP contribution in [0.15, 0.2) is 0 Å². The van der Waals surface area contributed by atoms with Crippen LogP contribution in [0.3, 0.4) is 0 Å². The van der Waals surface area contributed by atoms with Gasteiger partial charge in [-0.15, -0.1) is 0 Å². The third-order valence-corrected chi connectivity index (χ3v) is 2.54. The summed E-state index contributed by atoms with van der Waals surface area (Å²) < 4.78 is 0. The second-order valence-electron chi connectivity index (χ2n) is 3.30. The first kappa shape index (κ1) is 9.21. The van der Waals surface area contributed by atoms with Crippen molar-refractivity contribution in [1.82, 2.24) is 0 Å². The highest BCUT2D eigenvalue weighted by atomic mass is 16.3. The zero-order valence-electron chi connectivity index (χ0n) is 7.05. The largest absolute Gasteiger partial charge is 0.396 e. The van der Waals surface area contributed by atoms with Gasteiger partial charge >= 0.3 is 0 Å². The van der Waals surface area contributed by atoms with Crippen molar-refractivity contribution in [2.75, 3.05) is 6.61 Å². The molecule has 1 saturated carbocycles. The molecule has 66 valence electrons. The monoisotopic (exact) mass is 167 g/mol. The Labute approximate surface area is 72.0 Å². The zero-order chi connectivity index (χ0) is 9.03. The van der Waals surface area contributed by atoms with Crippen LogP contribution < -0.4 is 0 Å². The number of nitriles is 1. The molecule has 1 atom stereocenters. The smallest absolute Gasteiger partial charge is 0.153 e. The lowest BCUT2D eigenvalue weighted by molar-refractivity contribution is -0.128. The molecule has 1 unspecified atom stereocenters. The summed E-state index contributed by atoms with van der Waals surface area (Å²) in [5, 5.41) is 17.6. The van der Waals surface area contributed by atoms with Crippen LogP contribution in [0.1, 0.15) is 32.1 Å². The van der Waals surface area contributed by atoms with Gasteiger partial charge in [0.25, 0.3) is 0 Å². The van der Waals surface area contributed by atoms with Crippen molar-refractivity contribution in [3.8, 4) is 6.07 Å². The third kappa shape index (κ3) is 1.49. The molecule has 0 aliphatic heterocycles. The van der Waals surface area contributed by atoms with Gasteiger partial charge in [0.05, 0.1) is 6.07 Å². The summed E-state index contributed by atoms with van der Waals surface area (Å²) in [4.78, 5) is 11.4. The van der Waals surface area contributed by atoms with Gasteiger partial charge in [-0.05, 0) is 19.3 Å². The van der Waals surface area contributed by atoms with Crippen LogP contribution in [-0.2, 0) is 4.79 Å². The molecule has 1 rings (SSSR count). The summed E-state index contributed by atoms with van der Waals surface area (Å²) in [7, 11) is 0. The van der Waals surface area contributed by atoms with Crippen LogP contribution in [0.4, 0.5) is 0 Å². The van der Waals surface area contributed by atoms with Gasteiger partial charge in [0, 0.05) is 13.0 Å². The quantitative estimate of drug-likeness (QED) is 0.668. The Kier molecular flexibility index (Phi) is 2.83. The van der Waals surface area contributed by atoms with Crippen LogP contribution in [0.5, 0.6) is 0 Å². The summed E-state index contributed by atoms with van der Waals surface area (Å²) in [6, 6.07) is 2.06. The Bertz CT molecular complexity index is 215. The highest BCUT2D eigenvalue weighted by Gasteiger charge is 2.39. The Hall–Kier alpha value is -0.880. The maximum atomic E-state index is 11.4. The maximum absolute atomic E-state index is 11.4. The predicted octanol–water partition coefficient (Wildman–Crippen LogP) is 1.02. The van der Waals surface area contributed by atoms with Gasteiger partial charge in [0.15, 0.2) is 5.78 Å². The summed E-state index contributed by atoms with van der Waals surface area (Å²) in [5.74, 6) is 0.0188. The zero-order valence-corrected chi connectivity index (χ0v) is 7.05. The van der Waals surface area contributed by atoms with Crippen LogP contribution >= 0.6 is 0 Å². The van der Waals surface area contributed by atoms with Crippen molar-refractivity contribution in [3.63, 3.8) is 0 Å². The predicted molar refractivity (Wildman–Crippen MR) is 43.2 cm³/mol. The number of hydrogen-bond donors (Lipinski definition) is 1. The highest BCUT2D eigenvalue weighted by molar-refractivity contribution is 5.88. The number of Topliss-reactive ketones (excluding diaryl/α,β-unsaturated/α-hetero) is 1. The minimum atomic E-state index is -0.854. The Morgan fingerprint density at radius 3 is 2.83 bits per heavy atom. The topological polar surface area (TPSA) is 61.1 Å². The van der Waals surface area contributed by atoms with Crippen molar-refractivity contribution >= 4 is 5.78 Å². The van der Waals surface area contributed by atoms with Gasteiger partial charge in [-0.25, -0.2) is 0 Å². The second-order valence-corrected chi connectivity index (χ2v) is 3.30. The van der Waals surface area contributed by atoms with E-state index in [0.717, 1.165) is 12.8 Å². The van der Waals surface area contributed by atoms with E-state index in [9.17, 15) is 4.79 Å². The van der Waals surface area contributed by atoms with E-state index in [-0.39, 0.29) is 12.4 Å². The van der Waals surface area contributed by atoms with Gasteiger partial charge in [-0.2, -0.15) is 5.26 Å². The molecule has 1 aliphatic rings. The number of hydrogen-bond acceptors (Lipinski definition) is 3. The molecule has 1 N–H and O–H groups in total. The summed E-state index contributed by atoms with van der Waals surface area (Å²) in [5.41, 5.74) is -0.854. The summed E-state index contributed by atoms with van der Waals surface area (Å²) in [6.07, 6.45) is 3.27. The number of ketones is 1. The molecular weight excluding hydrogens is 154 g/mol. The first-order chi connectivity index (χ1) is 5.75. The Balaban J connectivity index is 2.75. The molecule has 3 nitrogen and oxygen atoms in total. The van der Waals surface area contributed by atoms with Crippen LogP contribution in [0.2, 0.25) is 0 Å². The fourth-order valence-electron chi connectivity index (χ4n) is 1.72. The Morgan fingerprint density at radius 2 is 2.33 bits per heavy atom. The molecule has 1 fully saturated rings. The molecule has 0 saturated heterocycles. The number of aliphatic hydroxyl groups is 1. The van der Waals surface area contributed by atoms with E-state index in [4.69, 9.17) is 10.4 Å². The van der Waals surface area contributed by atoms with Crippen molar-refractivity contribution in [1.29, 1.82) is 5.26 Å². The van der Waals surface area contributed by atoms with Crippen molar-refractivity contribution in [2.45, 2.75) is 32.1 Å². The molecule has 0 radical (unpaired) electrons. The average Bonchev–Trinajstić information content (AvgIpc) is 2.10. The van der Waals surface area contributed by atoms with E-state index < -0.39 is 5.41 Å². The van der Waals surface area contributed by atoms with Crippen LogP contribution in [-0.4, -0.2) is 17.5 Å². The average molecular weight is 167 g/mol. The molecule has 0 aromatic heterocycles. The molecule has 0 spiro atoms. The molecule has 0 heterocycles. The van der Waals surface area contributed by atoms with Crippen LogP contribution in [0.25, 0.3) is 0 Å². The normalized spacial score (nSPS) is 29.8. The maximum Gasteiger partial charge on any atom is 0.153 e. The van der Waals surface area contributed by atoms with E-state index in [2.05, 4.69) is 6.07 Å². The van der Waals surface area contributed by atoms with Crippen LogP contribution in [0, 0.1) is 16.7 Å². The number of carbonyl (C=O) groups is 1. The number of carbonyl (C=O) groups excluding carboxylic acids is 1. The van der Waals surface area contributed by atoms with Crippen molar-refractivity contribution in [3.05, 3.63) is 0 Å². The standard InChI is InChI=1S/C9H13NO2/c10-7-9(5-6-11)4-2-1-3-8(9)12/h11H,1-6H2. The Morgan fingerprint density at radius 1 is 1.58 bits per heavy atom. The molecular formula is C9H13NO2. The highest BCUT2D eigenvalue weighted by Crippen LogP contribution is 2.35. The third-order valence-electron chi connectivity index (χ3n) is 2.54. The van der Waals surface area contributed by atoms with Gasteiger partial charge in [-0.1, -0.05) is 6.42 Å². The molecule has 0 bridgehead atoms. The molecule has 3 heteroatoms. The minimum Gasteiger partial charge on any atom is -0.396 e. The SMILES string of the molecule is N#CC1(CCO)CCCCC1=O. The summed E-state index contributed by atoms with van der Waals surface area (Å²) in [6.45, 7) is -0.0701.